The minimum Gasteiger partial charge on any atom is -0.456 e. The number of aliphatic hydroxyl groups excluding tert-OH is 1. The summed E-state index contributed by atoms with van der Waals surface area (Å²) in [5.41, 5.74) is 1.29. The third-order valence-corrected chi connectivity index (χ3v) is 7.48. The molecule has 0 bridgehead atoms. The average molecular weight is 571 g/mol. The molecule has 3 unspecified atom stereocenters. The van der Waals surface area contributed by atoms with Crippen molar-refractivity contribution in [1.82, 2.24) is 10.2 Å². The standard InChI is InChI=1S/C32H46N2O7/c1-5-7-11-17-32(18-12-8-6-2)40-27-22-24(30(37)33-19-20-35)21-26(29(27)41-32)39-31(38)25-14-10-9-13-23(25)15-16-28(36)34(3)4/h9-10,13-16,22,26-27,29,35H,5-8,11-12,17-21H2,1-4H3,(H,33,37). The van der Waals surface area contributed by atoms with Crippen LogP contribution in [0.4, 0.5) is 0 Å². The van der Waals surface area contributed by atoms with Crippen LogP contribution in [0.15, 0.2) is 42.0 Å². The maximum Gasteiger partial charge on any atom is 0.339 e. The van der Waals surface area contributed by atoms with E-state index in [1.807, 2.05) is 0 Å². The van der Waals surface area contributed by atoms with Crippen molar-refractivity contribution < 1.29 is 33.7 Å². The molecule has 1 aromatic rings. The van der Waals surface area contributed by atoms with Gasteiger partial charge in [-0.15, -0.1) is 0 Å². The Hall–Kier alpha value is -3.01. The summed E-state index contributed by atoms with van der Waals surface area (Å²) in [7, 11) is 3.31. The highest BCUT2D eigenvalue weighted by atomic mass is 16.8. The van der Waals surface area contributed by atoms with Crippen molar-refractivity contribution in [2.75, 3.05) is 27.2 Å². The average Bonchev–Trinajstić information content (AvgIpc) is 3.33. The van der Waals surface area contributed by atoms with E-state index in [0.29, 0.717) is 16.7 Å². The Labute approximate surface area is 243 Å². The van der Waals surface area contributed by atoms with Crippen molar-refractivity contribution >= 4 is 23.9 Å². The predicted octanol–water partition coefficient (Wildman–Crippen LogP) is 4.39. The lowest BCUT2D eigenvalue weighted by Gasteiger charge is -2.31. The number of fused-ring (bicyclic) bond motifs is 1. The SMILES string of the molecule is CCCCCC1(CCCCC)OC2C=C(C(=O)NCCO)CC(OC(=O)c3ccccc3C=CC(=O)N(C)C)C2O1. The van der Waals surface area contributed by atoms with Crippen LogP contribution in [-0.2, 0) is 23.8 Å². The van der Waals surface area contributed by atoms with Gasteiger partial charge in [0.25, 0.3) is 0 Å². The number of amides is 2. The van der Waals surface area contributed by atoms with Gasteiger partial charge in [-0.1, -0.05) is 57.7 Å². The van der Waals surface area contributed by atoms with E-state index in [0.717, 1.165) is 51.4 Å². The lowest BCUT2D eigenvalue weighted by Crippen LogP contribution is -2.44. The monoisotopic (exact) mass is 570 g/mol. The van der Waals surface area contributed by atoms with Crippen molar-refractivity contribution in [2.24, 2.45) is 0 Å². The summed E-state index contributed by atoms with van der Waals surface area (Å²) in [5, 5.41) is 11.9. The molecule has 3 atom stereocenters. The van der Waals surface area contributed by atoms with E-state index in [1.165, 1.54) is 11.0 Å². The maximum atomic E-state index is 13.5. The molecule has 2 amide bonds. The van der Waals surface area contributed by atoms with Crippen LogP contribution in [0.1, 0.15) is 87.6 Å². The molecule has 0 saturated carbocycles. The molecule has 226 valence electrons. The van der Waals surface area contributed by atoms with E-state index in [4.69, 9.17) is 14.2 Å². The topological polar surface area (TPSA) is 114 Å². The van der Waals surface area contributed by atoms with Gasteiger partial charge < -0.3 is 29.5 Å². The fourth-order valence-electron chi connectivity index (χ4n) is 5.22. The molecule has 2 aliphatic rings. The van der Waals surface area contributed by atoms with Gasteiger partial charge in [0.15, 0.2) is 5.79 Å². The number of hydrogen-bond acceptors (Lipinski definition) is 7. The number of aliphatic hydroxyl groups is 1. The Morgan fingerprint density at radius 1 is 1.07 bits per heavy atom. The van der Waals surface area contributed by atoms with Gasteiger partial charge in [-0.05, 0) is 36.6 Å². The van der Waals surface area contributed by atoms with Gasteiger partial charge in [0.2, 0.25) is 11.8 Å². The van der Waals surface area contributed by atoms with Crippen LogP contribution in [0.2, 0.25) is 0 Å². The fraction of sp³-hybridized carbons (Fsp3) is 0.594. The Bertz CT molecular complexity index is 1090. The molecule has 3 rings (SSSR count). The number of rotatable bonds is 15. The second kappa shape index (κ2) is 15.8. The van der Waals surface area contributed by atoms with E-state index in [2.05, 4.69) is 19.2 Å². The number of nitrogens with zero attached hydrogens (tertiary/aromatic N) is 1. The number of unbranched alkanes of at least 4 members (excludes halogenated alkanes) is 4. The molecule has 0 radical (unpaired) electrons. The number of carbonyl (C=O) groups excluding carboxylic acids is 3. The maximum absolute atomic E-state index is 13.5. The molecule has 1 aliphatic carbocycles. The largest absolute Gasteiger partial charge is 0.456 e. The molecule has 0 spiro atoms. The summed E-state index contributed by atoms with van der Waals surface area (Å²) >= 11 is 0. The van der Waals surface area contributed by atoms with E-state index in [1.54, 1.807) is 50.5 Å². The van der Waals surface area contributed by atoms with Crippen molar-refractivity contribution in [3.8, 4) is 0 Å². The predicted molar refractivity (Wildman–Crippen MR) is 157 cm³/mol. The molecule has 1 aromatic carbocycles. The van der Waals surface area contributed by atoms with E-state index < -0.39 is 30.1 Å². The first-order chi connectivity index (χ1) is 19.7. The van der Waals surface area contributed by atoms with Crippen LogP contribution < -0.4 is 5.32 Å². The Morgan fingerprint density at radius 2 is 1.76 bits per heavy atom. The molecule has 1 saturated heterocycles. The van der Waals surface area contributed by atoms with Gasteiger partial charge in [0.1, 0.15) is 18.3 Å². The lowest BCUT2D eigenvalue weighted by molar-refractivity contribution is -0.190. The van der Waals surface area contributed by atoms with Crippen LogP contribution in [0.25, 0.3) is 6.08 Å². The number of likely N-dealkylation sites (N-methyl/N-ethyl adjacent to an activating group) is 1. The molecular weight excluding hydrogens is 524 g/mol. The normalized spacial score (nSPS) is 21.3. The third kappa shape index (κ3) is 8.99. The summed E-state index contributed by atoms with van der Waals surface area (Å²) in [5.74, 6) is -1.90. The van der Waals surface area contributed by atoms with Crippen LogP contribution in [0, 0.1) is 0 Å². The summed E-state index contributed by atoms with van der Waals surface area (Å²) in [6.07, 6.45) is 10.7. The zero-order valence-corrected chi connectivity index (χ0v) is 24.9. The van der Waals surface area contributed by atoms with Gasteiger partial charge in [-0.3, -0.25) is 9.59 Å². The zero-order valence-electron chi connectivity index (χ0n) is 24.9. The van der Waals surface area contributed by atoms with Crippen molar-refractivity contribution in [3.05, 3.63) is 53.1 Å². The van der Waals surface area contributed by atoms with Crippen molar-refractivity contribution in [3.63, 3.8) is 0 Å². The molecular formula is C32H46N2O7. The number of ether oxygens (including phenoxy) is 3. The highest BCUT2D eigenvalue weighted by Crippen LogP contribution is 2.43. The van der Waals surface area contributed by atoms with E-state index in [-0.39, 0.29) is 31.4 Å². The summed E-state index contributed by atoms with van der Waals surface area (Å²) < 4.78 is 19.3. The van der Waals surface area contributed by atoms with Gasteiger partial charge in [0.05, 0.1) is 12.2 Å². The number of hydrogen-bond donors (Lipinski definition) is 2. The Kier molecular flexibility index (Phi) is 12.6. The second-order valence-electron chi connectivity index (χ2n) is 11.0. The molecule has 2 N–H and O–H groups in total. The molecule has 1 heterocycles. The summed E-state index contributed by atoms with van der Waals surface area (Å²) in [4.78, 5) is 40.0. The minimum atomic E-state index is -0.801. The first-order valence-electron chi connectivity index (χ1n) is 14.9. The number of carbonyl (C=O) groups is 3. The summed E-state index contributed by atoms with van der Waals surface area (Å²) in [6, 6.07) is 6.92. The highest BCUT2D eigenvalue weighted by Gasteiger charge is 2.52. The lowest BCUT2D eigenvalue weighted by atomic mass is 9.91. The molecule has 41 heavy (non-hydrogen) atoms. The quantitative estimate of drug-likeness (QED) is 0.183. The van der Waals surface area contributed by atoms with E-state index in [9.17, 15) is 19.5 Å². The Morgan fingerprint density at radius 3 is 2.39 bits per heavy atom. The first kappa shape index (κ1) is 32.5. The van der Waals surface area contributed by atoms with Gasteiger partial charge in [-0.25, -0.2) is 4.79 Å². The van der Waals surface area contributed by atoms with Crippen LogP contribution in [0.3, 0.4) is 0 Å². The van der Waals surface area contributed by atoms with Gasteiger partial charge in [0, 0.05) is 51.6 Å². The molecule has 9 nitrogen and oxygen atoms in total. The molecule has 1 aliphatic heterocycles. The third-order valence-electron chi connectivity index (χ3n) is 7.48. The molecule has 1 fully saturated rings. The molecule has 9 heteroatoms. The van der Waals surface area contributed by atoms with E-state index >= 15 is 0 Å². The van der Waals surface area contributed by atoms with Crippen LogP contribution in [0.5, 0.6) is 0 Å². The van der Waals surface area contributed by atoms with Crippen LogP contribution in [-0.4, -0.2) is 79.1 Å². The minimum absolute atomic E-state index is 0.120. The van der Waals surface area contributed by atoms with Crippen molar-refractivity contribution in [1.29, 1.82) is 0 Å². The van der Waals surface area contributed by atoms with Crippen molar-refractivity contribution in [2.45, 2.75) is 95.7 Å². The zero-order chi connectivity index (χ0) is 29.8. The van der Waals surface area contributed by atoms with Gasteiger partial charge in [-0.2, -0.15) is 0 Å². The Balaban J connectivity index is 1.88. The first-order valence-corrected chi connectivity index (χ1v) is 14.9. The smallest absolute Gasteiger partial charge is 0.339 e. The second-order valence-corrected chi connectivity index (χ2v) is 11.0. The highest BCUT2D eigenvalue weighted by molar-refractivity contribution is 5.97. The number of benzene rings is 1. The van der Waals surface area contributed by atoms with Crippen LogP contribution >= 0.6 is 0 Å². The molecule has 0 aromatic heterocycles. The number of esters is 1. The van der Waals surface area contributed by atoms with Gasteiger partial charge >= 0.3 is 5.97 Å². The number of nitrogens with one attached hydrogen (secondary N) is 1. The summed E-state index contributed by atoms with van der Waals surface area (Å²) in [6.45, 7) is 4.24. The fourth-order valence-corrected chi connectivity index (χ4v) is 5.22.